The summed E-state index contributed by atoms with van der Waals surface area (Å²) in [5.41, 5.74) is 1.46. The van der Waals surface area contributed by atoms with Gasteiger partial charge in [0.2, 0.25) is 0 Å². The zero-order chi connectivity index (χ0) is 24.7. The van der Waals surface area contributed by atoms with Crippen molar-refractivity contribution >= 4 is 6.03 Å². The number of hydrogen-bond acceptors (Lipinski definition) is 4. The second kappa shape index (κ2) is 9.14. The predicted molar refractivity (Wildman–Crippen MR) is 137 cm³/mol. The van der Waals surface area contributed by atoms with Crippen molar-refractivity contribution in [1.82, 2.24) is 14.7 Å². The zero-order valence-electron chi connectivity index (χ0n) is 21.4. The predicted octanol–water partition coefficient (Wildman–Crippen LogP) is 4.62. The van der Waals surface area contributed by atoms with Gasteiger partial charge in [0, 0.05) is 18.6 Å². The van der Waals surface area contributed by atoms with Crippen molar-refractivity contribution in [2.75, 3.05) is 34.3 Å². The molecule has 1 N–H and O–H groups in total. The summed E-state index contributed by atoms with van der Waals surface area (Å²) >= 11 is 0. The average molecular weight is 478 g/mol. The number of nitrogens with zero attached hydrogens (tertiary/aromatic N) is 3. The van der Waals surface area contributed by atoms with E-state index >= 15 is 0 Å². The first kappa shape index (κ1) is 24.1. The fraction of sp³-hybridized carbons (Fsp3) is 0.552. The molecule has 1 spiro atoms. The lowest BCUT2D eigenvalue weighted by atomic mass is 9.67. The molecule has 3 aliphatic rings. The molecule has 5 rings (SSSR count). The lowest BCUT2D eigenvalue weighted by Crippen LogP contribution is -2.59. The standard InChI is InChI=1S/C29H39N3O3/c1-30(2)29(24-8-5-4-6-9-24)18-16-27(17-19-29)21-31(20-23-10-12-25(35-3)13-11-23)26(33)32(27)22-28(34)14-7-15-28/h4-6,8-13,34H,7,14-22H2,1-3H3. The Morgan fingerprint density at radius 3 is 2.14 bits per heavy atom. The van der Waals surface area contributed by atoms with Gasteiger partial charge >= 0.3 is 6.03 Å². The molecule has 0 radical (unpaired) electrons. The third-order valence-electron chi connectivity index (χ3n) is 9.00. The number of amides is 2. The molecule has 3 fully saturated rings. The third-order valence-corrected chi connectivity index (χ3v) is 9.00. The normalized spacial score (nSPS) is 28.0. The molecule has 2 amide bonds. The van der Waals surface area contributed by atoms with Gasteiger partial charge in [0.25, 0.3) is 0 Å². The maximum Gasteiger partial charge on any atom is 0.321 e. The van der Waals surface area contributed by atoms with E-state index in [1.54, 1.807) is 7.11 Å². The van der Waals surface area contributed by atoms with Crippen LogP contribution in [-0.4, -0.2) is 71.3 Å². The maximum absolute atomic E-state index is 13.8. The van der Waals surface area contributed by atoms with Crippen molar-refractivity contribution in [3.63, 3.8) is 0 Å². The molecular weight excluding hydrogens is 438 g/mol. The molecule has 1 heterocycles. The van der Waals surface area contributed by atoms with Crippen LogP contribution in [0.1, 0.15) is 56.1 Å². The highest BCUT2D eigenvalue weighted by Gasteiger charge is 2.56. The Morgan fingerprint density at radius 1 is 0.943 bits per heavy atom. The number of rotatable bonds is 7. The Morgan fingerprint density at radius 2 is 1.60 bits per heavy atom. The first-order valence-corrected chi connectivity index (χ1v) is 12.9. The molecule has 1 saturated heterocycles. The number of β-amino-alcohol motifs (C(OH)–C–C–N with tert-alkyl or cyclic N) is 1. The van der Waals surface area contributed by atoms with Gasteiger partial charge in [-0.25, -0.2) is 4.79 Å². The maximum atomic E-state index is 13.8. The van der Waals surface area contributed by atoms with Crippen LogP contribution in [-0.2, 0) is 12.1 Å². The van der Waals surface area contributed by atoms with Crippen molar-refractivity contribution in [3.8, 4) is 5.75 Å². The molecule has 6 heteroatoms. The van der Waals surface area contributed by atoms with Crippen LogP contribution in [0.5, 0.6) is 5.75 Å². The van der Waals surface area contributed by atoms with E-state index in [1.165, 1.54) is 5.56 Å². The lowest BCUT2D eigenvalue weighted by molar-refractivity contribution is -0.0725. The highest BCUT2D eigenvalue weighted by Crippen LogP contribution is 2.50. The molecule has 2 aliphatic carbocycles. The fourth-order valence-electron chi connectivity index (χ4n) is 6.53. The quantitative estimate of drug-likeness (QED) is 0.632. The van der Waals surface area contributed by atoms with E-state index in [9.17, 15) is 9.90 Å². The molecule has 188 valence electrons. The van der Waals surface area contributed by atoms with E-state index in [0.717, 1.165) is 56.3 Å². The van der Waals surface area contributed by atoms with Crippen molar-refractivity contribution < 1.29 is 14.6 Å². The number of aliphatic hydroxyl groups is 1. The minimum atomic E-state index is -0.728. The molecule has 0 atom stereocenters. The van der Waals surface area contributed by atoms with Crippen molar-refractivity contribution in [2.24, 2.45) is 0 Å². The summed E-state index contributed by atoms with van der Waals surface area (Å²) in [6.07, 6.45) is 6.46. The van der Waals surface area contributed by atoms with Gasteiger partial charge in [0.15, 0.2) is 0 Å². The van der Waals surface area contributed by atoms with Gasteiger partial charge in [-0.3, -0.25) is 4.90 Å². The van der Waals surface area contributed by atoms with Crippen LogP contribution in [0.3, 0.4) is 0 Å². The van der Waals surface area contributed by atoms with E-state index in [2.05, 4.69) is 54.2 Å². The molecule has 0 unspecified atom stereocenters. The smallest absolute Gasteiger partial charge is 0.321 e. The van der Waals surface area contributed by atoms with E-state index in [-0.39, 0.29) is 17.1 Å². The monoisotopic (exact) mass is 477 g/mol. The molecule has 1 aliphatic heterocycles. The number of carbonyl (C=O) groups is 1. The number of methoxy groups -OCH3 is 1. The van der Waals surface area contributed by atoms with Crippen LogP contribution < -0.4 is 4.74 Å². The zero-order valence-corrected chi connectivity index (χ0v) is 21.4. The number of carbonyl (C=O) groups excluding carboxylic acids is 1. The van der Waals surface area contributed by atoms with Crippen LogP contribution in [0.15, 0.2) is 54.6 Å². The summed E-state index contributed by atoms with van der Waals surface area (Å²) in [5.74, 6) is 0.819. The van der Waals surface area contributed by atoms with Gasteiger partial charge in [-0.05, 0) is 82.3 Å². The van der Waals surface area contributed by atoms with Crippen LogP contribution in [0.2, 0.25) is 0 Å². The number of ether oxygens (including phenoxy) is 1. The van der Waals surface area contributed by atoms with Gasteiger partial charge in [0.05, 0.1) is 24.8 Å². The van der Waals surface area contributed by atoms with Crippen LogP contribution in [0.25, 0.3) is 0 Å². The Hall–Kier alpha value is -2.57. The van der Waals surface area contributed by atoms with Gasteiger partial charge in [-0.15, -0.1) is 0 Å². The molecule has 2 aromatic carbocycles. The summed E-state index contributed by atoms with van der Waals surface area (Å²) in [5, 5.41) is 11.1. The summed E-state index contributed by atoms with van der Waals surface area (Å²) in [6, 6.07) is 18.8. The van der Waals surface area contributed by atoms with Crippen LogP contribution >= 0.6 is 0 Å². The van der Waals surface area contributed by atoms with Gasteiger partial charge in [-0.1, -0.05) is 42.5 Å². The van der Waals surface area contributed by atoms with Crippen molar-refractivity contribution in [1.29, 1.82) is 0 Å². The minimum Gasteiger partial charge on any atom is -0.497 e. The molecule has 0 aromatic heterocycles. The Kier molecular flexibility index (Phi) is 6.30. The first-order valence-electron chi connectivity index (χ1n) is 12.9. The second-order valence-electron chi connectivity index (χ2n) is 11.2. The summed E-state index contributed by atoms with van der Waals surface area (Å²) < 4.78 is 5.30. The van der Waals surface area contributed by atoms with Crippen molar-refractivity contribution in [2.45, 2.75) is 68.2 Å². The Labute approximate surface area is 209 Å². The molecule has 0 bridgehead atoms. The van der Waals surface area contributed by atoms with Crippen LogP contribution in [0, 0.1) is 0 Å². The summed E-state index contributed by atoms with van der Waals surface area (Å²) in [4.78, 5) is 20.2. The fourth-order valence-corrected chi connectivity index (χ4v) is 6.53. The average Bonchev–Trinajstić information content (AvgIpc) is 3.09. The number of benzene rings is 2. The number of hydrogen-bond donors (Lipinski definition) is 1. The van der Waals surface area contributed by atoms with E-state index in [4.69, 9.17) is 4.74 Å². The topological polar surface area (TPSA) is 56.3 Å². The van der Waals surface area contributed by atoms with Gasteiger partial charge in [0.1, 0.15) is 5.75 Å². The SMILES string of the molecule is COc1ccc(CN2CC3(CCC(c4ccccc4)(N(C)C)CC3)N(CC3(O)CCC3)C2=O)cc1. The summed E-state index contributed by atoms with van der Waals surface area (Å²) in [7, 11) is 6.02. The molecule has 6 nitrogen and oxygen atoms in total. The van der Waals surface area contributed by atoms with E-state index in [0.29, 0.717) is 19.6 Å². The number of urea groups is 1. The van der Waals surface area contributed by atoms with E-state index < -0.39 is 5.60 Å². The van der Waals surface area contributed by atoms with Crippen LogP contribution in [0.4, 0.5) is 4.79 Å². The third kappa shape index (κ3) is 4.31. The Balaban J connectivity index is 1.40. The Bertz CT molecular complexity index is 1020. The molecule has 2 saturated carbocycles. The lowest BCUT2D eigenvalue weighted by Gasteiger charge is -2.52. The molecule has 35 heavy (non-hydrogen) atoms. The van der Waals surface area contributed by atoms with Crippen molar-refractivity contribution in [3.05, 3.63) is 65.7 Å². The van der Waals surface area contributed by atoms with E-state index in [1.807, 2.05) is 29.2 Å². The van der Waals surface area contributed by atoms with Gasteiger partial charge in [-0.2, -0.15) is 0 Å². The molecule has 2 aromatic rings. The largest absolute Gasteiger partial charge is 0.497 e. The summed E-state index contributed by atoms with van der Waals surface area (Å²) in [6.45, 7) is 1.74. The minimum absolute atomic E-state index is 0.0298. The highest BCUT2D eigenvalue weighted by molar-refractivity contribution is 5.78. The van der Waals surface area contributed by atoms with Gasteiger partial charge < -0.3 is 19.6 Å². The second-order valence-corrected chi connectivity index (χ2v) is 11.2. The first-order chi connectivity index (χ1) is 16.8. The molecular formula is C29H39N3O3. The highest BCUT2D eigenvalue weighted by atomic mass is 16.5.